The summed E-state index contributed by atoms with van der Waals surface area (Å²) in [6.07, 6.45) is 0. The number of nitrogens with one attached hydrogen (secondary N) is 2. The van der Waals surface area contributed by atoms with Gasteiger partial charge in [0, 0.05) is 0 Å². The number of hydrogen-bond donors (Lipinski definition) is 2. The summed E-state index contributed by atoms with van der Waals surface area (Å²) in [6, 6.07) is 5.67. The monoisotopic (exact) mass is 394 g/mol. The van der Waals surface area contributed by atoms with Crippen molar-refractivity contribution in [2.45, 2.75) is 19.8 Å². The molecule has 2 heterocycles. The SMILES string of the molecule is COc1cccc2sc(NC(=O)c3n[nH]c(C(C)C)c3Br)nc12. The van der Waals surface area contributed by atoms with Crippen molar-refractivity contribution in [1.82, 2.24) is 15.2 Å². The minimum atomic E-state index is -0.307. The van der Waals surface area contributed by atoms with Crippen LogP contribution >= 0.6 is 27.3 Å². The molecule has 0 aliphatic rings. The van der Waals surface area contributed by atoms with Gasteiger partial charge in [0.15, 0.2) is 10.8 Å². The van der Waals surface area contributed by atoms with Crippen LogP contribution in [0, 0.1) is 0 Å². The molecule has 0 bridgehead atoms. The third-order valence-electron chi connectivity index (χ3n) is 3.35. The number of H-pyrrole nitrogens is 1. The van der Waals surface area contributed by atoms with E-state index in [-0.39, 0.29) is 11.8 Å². The molecule has 0 spiro atoms. The Labute approximate surface area is 145 Å². The molecule has 3 aromatic rings. The molecular weight excluding hydrogens is 380 g/mol. The molecule has 6 nitrogen and oxygen atoms in total. The van der Waals surface area contributed by atoms with E-state index in [1.807, 2.05) is 32.0 Å². The van der Waals surface area contributed by atoms with E-state index in [4.69, 9.17) is 4.74 Å². The quantitative estimate of drug-likeness (QED) is 0.695. The smallest absolute Gasteiger partial charge is 0.279 e. The zero-order valence-corrected chi connectivity index (χ0v) is 15.2. The molecule has 2 N–H and O–H groups in total. The summed E-state index contributed by atoms with van der Waals surface area (Å²) in [5.41, 5.74) is 1.94. The van der Waals surface area contributed by atoms with Gasteiger partial charge in [-0.2, -0.15) is 5.10 Å². The highest BCUT2D eigenvalue weighted by molar-refractivity contribution is 9.10. The highest BCUT2D eigenvalue weighted by Crippen LogP contribution is 2.33. The number of ether oxygens (including phenoxy) is 1. The molecule has 2 aromatic heterocycles. The Morgan fingerprint density at radius 2 is 2.22 bits per heavy atom. The van der Waals surface area contributed by atoms with E-state index in [1.165, 1.54) is 11.3 Å². The Morgan fingerprint density at radius 3 is 2.87 bits per heavy atom. The van der Waals surface area contributed by atoms with Gasteiger partial charge in [0.05, 0.1) is 22.0 Å². The van der Waals surface area contributed by atoms with Gasteiger partial charge in [-0.05, 0) is 34.0 Å². The molecule has 1 amide bonds. The number of halogens is 1. The van der Waals surface area contributed by atoms with Crippen LogP contribution in [0.3, 0.4) is 0 Å². The second kappa shape index (κ2) is 6.29. The zero-order chi connectivity index (χ0) is 16.6. The van der Waals surface area contributed by atoms with Crippen LogP contribution < -0.4 is 10.1 Å². The maximum atomic E-state index is 12.4. The maximum Gasteiger partial charge on any atom is 0.279 e. The van der Waals surface area contributed by atoms with Crippen LogP contribution in [0.5, 0.6) is 5.75 Å². The van der Waals surface area contributed by atoms with Crippen LogP contribution in [0.15, 0.2) is 22.7 Å². The fourth-order valence-electron chi connectivity index (χ4n) is 2.17. The summed E-state index contributed by atoms with van der Waals surface area (Å²) in [5, 5.41) is 10.3. The molecule has 0 aliphatic heterocycles. The second-order valence-electron chi connectivity index (χ2n) is 5.23. The van der Waals surface area contributed by atoms with Crippen LogP contribution in [-0.2, 0) is 0 Å². The molecule has 8 heteroatoms. The number of amides is 1. The van der Waals surface area contributed by atoms with E-state index < -0.39 is 0 Å². The van der Waals surface area contributed by atoms with Crippen molar-refractivity contribution in [2.24, 2.45) is 0 Å². The fraction of sp³-hybridized carbons (Fsp3) is 0.267. The van der Waals surface area contributed by atoms with Crippen molar-refractivity contribution in [2.75, 3.05) is 12.4 Å². The lowest BCUT2D eigenvalue weighted by molar-refractivity contribution is 0.102. The minimum absolute atomic E-state index is 0.241. The molecule has 120 valence electrons. The van der Waals surface area contributed by atoms with Crippen molar-refractivity contribution in [3.63, 3.8) is 0 Å². The number of nitrogens with zero attached hydrogens (tertiary/aromatic N) is 2. The highest BCUT2D eigenvalue weighted by atomic mass is 79.9. The summed E-state index contributed by atoms with van der Waals surface area (Å²) in [5.74, 6) is 0.616. The first-order chi connectivity index (χ1) is 11.0. The largest absolute Gasteiger partial charge is 0.494 e. The number of para-hydroxylation sites is 1. The first-order valence-electron chi connectivity index (χ1n) is 7.00. The maximum absolute atomic E-state index is 12.4. The topological polar surface area (TPSA) is 79.9 Å². The van der Waals surface area contributed by atoms with E-state index >= 15 is 0 Å². The van der Waals surface area contributed by atoms with E-state index in [9.17, 15) is 4.79 Å². The number of carbonyl (C=O) groups excluding carboxylic acids is 1. The summed E-state index contributed by atoms with van der Waals surface area (Å²) in [4.78, 5) is 16.8. The van der Waals surface area contributed by atoms with Gasteiger partial charge in [-0.3, -0.25) is 15.2 Å². The van der Waals surface area contributed by atoms with Crippen molar-refractivity contribution < 1.29 is 9.53 Å². The molecule has 23 heavy (non-hydrogen) atoms. The number of aromatic amines is 1. The fourth-order valence-corrected chi connectivity index (χ4v) is 3.87. The first kappa shape index (κ1) is 15.9. The van der Waals surface area contributed by atoms with Crippen LogP contribution in [-0.4, -0.2) is 28.2 Å². The Balaban J connectivity index is 1.88. The average Bonchev–Trinajstić information content (AvgIpc) is 3.09. The van der Waals surface area contributed by atoms with E-state index in [0.29, 0.717) is 21.0 Å². The Kier molecular flexibility index (Phi) is 4.36. The highest BCUT2D eigenvalue weighted by Gasteiger charge is 2.20. The number of thiazole rings is 1. The molecule has 0 saturated carbocycles. The number of fused-ring (bicyclic) bond motifs is 1. The number of methoxy groups -OCH3 is 1. The molecule has 0 saturated heterocycles. The number of benzene rings is 1. The molecule has 0 unspecified atom stereocenters. The van der Waals surface area contributed by atoms with Crippen LogP contribution in [0.4, 0.5) is 5.13 Å². The lowest BCUT2D eigenvalue weighted by atomic mass is 10.1. The standard InChI is InChI=1S/C15H15BrN4O2S/c1-7(2)11-10(16)13(20-19-11)14(21)18-15-17-12-8(22-3)5-4-6-9(12)23-15/h4-7H,1-3H3,(H,19,20)(H,17,18,21). The number of aromatic nitrogens is 3. The van der Waals surface area contributed by atoms with Gasteiger partial charge in [0.2, 0.25) is 0 Å². The number of rotatable bonds is 4. The third kappa shape index (κ3) is 2.96. The predicted octanol–water partition coefficient (Wildman–Crippen LogP) is 4.17. The second-order valence-corrected chi connectivity index (χ2v) is 7.06. The van der Waals surface area contributed by atoms with Crippen molar-refractivity contribution >= 4 is 48.5 Å². The molecular formula is C15H15BrN4O2S. The van der Waals surface area contributed by atoms with Gasteiger partial charge in [-0.25, -0.2) is 4.98 Å². The van der Waals surface area contributed by atoms with Gasteiger partial charge < -0.3 is 4.74 Å². The van der Waals surface area contributed by atoms with Gasteiger partial charge >= 0.3 is 0 Å². The summed E-state index contributed by atoms with van der Waals surface area (Å²) >= 11 is 4.82. The van der Waals surface area contributed by atoms with Crippen LogP contribution in [0.1, 0.15) is 35.9 Å². The Bertz CT molecular complexity index is 872. The van der Waals surface area contributed by atoms with Gasteiger partial charge in [-0.1, -0.05) is 31.3 Å². The summed E-state index contributed by atoms with van der Waals surface area (Å²) < 4.78 is 6.92. The van der Waals surface area contributed by atoms with Crippen molar-refractivity contribution in [3.05, 3.63) is 34.1 Å². The molecule has 1 aromatic carbocycles. The lowest BCUT2D eigenvalue weighted by Gasteiger charge is -2.01. The Hall–Kier alpha value is -1.93. The van der Waals surface area contributed by atoms with E-state index in [2.05, 4.69) is 36.4 Å². The van der Waals surface area contributed by atoms with E-state index in [0.717, 1.165) is 15.9 Å². The molecule has 0 radical (unpaired) electrons. The predicted molar refractivity (Wildman–Crippen MR) is 94.5 cm³/mol. The van der Waals surface area contributed by atoms with Crippen molar-refractivity contribution in [3.8, 4) is 5.75 Å². The van der Waals surface area contributed by atoms with Crippen molar-refractivity contribution in [1.29, 1.82) is 0 Å². The normalized spacial score (nSPS) is 11.2. The number of hydrogen-bond acceptors (Lipinski definition) is 5. The molecule has 3 rings (SSSR count). The van der Waals surface area contributed by atoms with Gasteiger partial charge in [0.25, 0.3) is 5.91 Å². The summed E-state index contributed by atoms with van der Waals surface area (Å²) in [7, 11) is 1.60. The average molecular weight is 395 g/mol. The Morgan fingerprint density at radius 1 is 1.43 bits per heavy atom. The minimum Gasteiger partial charge on any atom is -0.494 e. The van der Waals surface area contributed by atoms with Gasteiger partial charge in [0.1, 0.15) is 11.3 Å². The summed E-state index contributed by atoms with van der Waals surface area (Å²) in [6.45, 7) is 4.06. The number of carbonyl (C=O) groups is 1. The lowest BCUT2D eigenvalue weighted by Crippen LogP contribution is -2.12. The van der Waals surface area contributed by atoms with Gasteiger partial charge in [-0.15, -0.1) is 0 Å². The van der Waals surface area contributed by atoms with E-state index in [1.54, 1.807) is 7.11 Å². The number of anilines is 1. The third-order valence-corrected chi connectivity index (χ3v) is 5.09. The van der Waals surface area contributed by atoms with Crippen LogP contribution in [0.2, 0.25) is 0 Å². The zero-order valence-electron chi connectivity index (χ0n) is 12.8. The molecule has 0 aliphatic carbocycles. The molecule has 0 atom stereocenters. The first-order valence-corrected chi connectivity index (χ1v) is 8.61. The molecule has 0 fully saturated rings. The van der Waals surface area contributed by atoms with Crippen LogP contribution in [0.25, 0.3) is 10.2 Å².